The van der Waals surface area contributed by atoms with E-state index in [9.17, 15) is 13.2 Å². The molecule has 8 heteroatoms. The molecular weight excluding hydrogens is 412 g/mol. The van der Waals surface area contributed by atoms with Crippen LogP contribution in [0.25, 0.3) is 0 Å². The summed E-state index contributed by atoms with van der Waals surface area (Å²) in [7, 11) is -4.03. The van der Waals surface area contributed by atoms with Crippen molar-refractivity contribution in [2.45, 2.75) is 44.4 Å². The van der Waals surface area contributed by atoms with Gasteiger partial charge in [-0.15, -0.1) is 0 Å². The van der Waals surface area contributed by atoms with E-state index in [1.165, 1.54) is 6.92 Å². The number of nitrogens with two attached hydrogens (primary N) is 1. The van der Waals surface area contributed by atoms with Gasteiger partial charge in [-0.1, -0.05) is 38.1 Å². The number of Topliss-reactive ketones (excluding diaryl/α,β-unsaturated/α-hetero) is 1. The van der Waals surface area contributed by atoms with Gasteiger partial charge in [-0.05, 0) is 37.5 Å². The van der Waals surface area contributed by atoms with Gasteiger partial charge in [0, 0.05) is 55.9 Å². The molecule has 0 radical (unpaired) electrons. The Bertz CT molecular complexity index is 1000. The second kappa shape index (κ2) is 9.46. The quantitative estimate of drug-likeness (QED) is 0.629. The lowest BCUT2D eigenvalue weighted by molar-refractivity contribution is 0.101. The summed E-state index contributed by atoms with van der Waals surface area (Å²) in [6.45, 7) is 8.28. The van der Waals surface area contributed by atoms with Crippen molar-refractivity contribution in [3.8, 4) is 0 Å². The molecule has 2 atom stereocenters. The van der Waals surface area contributed by atoms with Gasteiger partial charge in [-0.3, -0.25) is 14.7 Å². The van der Waals surface area contributed by atoms with Crippen LogP contribution < -0.4 is 10.0 Å². The van der Waals surface area contributed by atoms with Gasteiger partial charge in [0.2, 0.25) is 10.0 Å². The molecule has 0 bridgehead atoms. The number of ketones is 1. The van der Waals surface area contributed by atoms with E-state index in [0.29, 0.717) is 37.1 Å². The predicted octanol–water partition coefficient (Wildman–Crippen LogP) is 2.78. The molecule has 0 spiro atoms. The molecule has 31 heavy (non-hydrogen) atoms. The van der Waals surface area contributed by atoms with Crippen LogP contribution in [0.4, 0.5) is 5.69 Å². The summed E-state index contributed by atoms with van der Waals surface area (Å²) in [5.41, 5.74) is 2.04. The zero-order valence-electron chi connectivity index (χ0n) is 18.5. The number of primary sulfonamides is 1. The summed E-state index contributed by atoms with van der Waals surface area (Å²) in [4.78, 5) is 21.0. The number of aromatic nitrogens is 1. The molecular formula is C23H32N4O3S. The fourth-order valence-electron chi connectivity index (χ4n) is 5.04. The van der Waals surface area contributed by atoms with E-state index in [1.54, 1.807) is 36.7 Å². The average Bonchev–Trinajstić information content (AvgIpc) is 2.77. The van der Waals surface area contributed by atoms with Gasteiger partial charge in [0.15, 0.2) is 5.78 Å². The minimum atomic E-state index is -4.03. The van der Waals surface area contributed by atoms with E-state index in [1.807, 2.05) is 26.0 Å². The molecule has 3 rings (SSSR count). The second-order valence-electron chi connectivity index (χ2n) is 8.04. The average molecular weight is 445 g/mol. The van der Waals surface area contributed by atoms with Crippen molar-refractivity contribution in [2.75, 3.05) is 31.1 Å². The minimum absolute atomic E-state index is 0.158. The normalized spacial score (nSPS) is 18.4. The summed E-state index contributed by atoms with van der Waals surface area (Å²) in [5.74, 6) is -0.158. The Balaban J connectivity index is 2.01. The van der Waals surface area contributed by atoms with Crippen LogP contribution in [0.15, 0.2) is 48.8 Å². The van der Waals surface area contributed by atoms with Gasteiger partial charge in [0.25, 0.3) is 0 Å². The second-order valence-corrected chi connectivity index (χ2v) is 9.86. The van der Waals surface area contributed by atoms with Crippen molar-refractivity contribution < 1.29 is 13.2 Å². The number of hydrogen-bond donors (Lipinski definition) is 1. The molecule has 7 nitrogen and oxygen atoms in total. The molecule has 0 saturated carbocycles. The Hall–Kier alpha value is -2.29. The molecule has 1 aliphatic heterocycles. The van der Waals surface area contributed by atoms with Crippen molar-refractivity contribution in [1.82, 2.24) is 9.88 Å². The lowest BCUT2D eigenvalue weighted by atomic mass is 9.82. The molecule has 2 heterocycles. The van der Waals surface area contributed by atoms with Crippen molar-refractivity contribution in [1.29, 1.82) is 0 Å². The van der Waals surface area contributed by atoms with Crippen LogP contribution in [0.2, 0.25) is 0 Å². The van der Waals surface area contributed by atoms with Crippen molar-refractivity contribution >= 4 is 21.5 Å². The largest absolute Gasteiger partial charge is 0.369 e. The Kier molecular flexibility index (Phi) is 7.13. The number of nitrogens with zero attached hydrogens (tertiary/aromatic N) is 3. The summed E-state index contributed by atoms with van der Waals surface area (Å²) >= 11 is 0. The maximum atomic E-state index is 13.2. The monoisotopic (exact) mass is 444 g/mol. The molecule has 2 unspecified atom stereocenters. The van der Waals surface area contributed by atoms with Gasteiger partial charge in [-0.2, -0.15) is 0 Å². The van der Waals surface area contributed by atoms with Crippen LogP contribution in [0, 0.1) is 0 Å². The van der Waals surface area contributed by atoms with Crippen LogP contribution in [-0.2, 0) is 14.8 Å². The summed E-state index contributed by atoms with van der Waals surface area (Å²) in [5, 5.41) is 5.94. The van der Waals surface area contributed by atoms with Gasteiger partial charge in [0.05, 0.1) is 0 Å². The first-order chi connectivity index (χ1) is 14.8. The van der Waals surface area contributed by atoms with Crippen LogP contribution in [0.5, 0.6) is 0 Å². The van der Waals surface area contributed by atoms with Crippen LogP contribution in [0.3, 0.4) is 0 Å². The molecule has 2 N–H and O–H groups in total. The maximum Gasteiger partial charge on any atom is 0.220 e. The van der Waals surface area contributed by atoms with E-state index in [0.717, 1.165) is 18.8 Å². The molecule has 0 amide bonds. The third kappa shape index (κ3) is 4.37. The van der Waals surface area contributed by atoms with Gasteiger partial charge in [0.1, 0.15) is 4.75 Å². The molecule has 1 aliphatic rings. The van der Waals surface area contributed by atoms with Gasteiger partial charge < -0.3 is 4.90 Å². The molecule has 0 aliphatic carbocycles. The van der Waals surface area contributed by atoms with Crippen molar-refractivity contribution in [2.24, 2.45) is 5.14 Å². The highest BCUT2D eigenvalue weighted by molar-refractivity contribution is 7.90. The number of anilines is 1. The fourth-order valence-corrected chi connectivity index (χ4v) is 6.62. The van der Waals surface area contributed by atoms with E-state index >= 15 is 0 Å². The van der Waals surface area contributed by atoms with Crippen LogP contribution >= 0.6 is 0 Å². The number of benzene rings is 1. The van der Waals surface area contributed by atoms with Gasteiger partial charge in [-0.25, -0.2) is 13.6 Å². The number of carbonyl (C=O) groups excluding carboxylic acids is 1. The smallest absolute Gasteiger partial charge is 0.220 e. The standard InChI is InChI=1S/C23H32N4O3S/c1-4-22(27-16-14-26(15-17-27)19-10-12-25-13-11-19)23(5-2,31(24,29)30)21-9-7-6-8-20(21)18(3)28/h6-13,22H,4-5,14-17H2,1-3H3,(H2,24,29,30). The highest BCUT2D eigenvalue weighted by Gasteiger charge is 2.51. The van der Waals surface area contributed by atoms with E-state index in [2.05, 4.69) is 14.8 Å². The number of hydrogen-bond acceptors (Lipinski definition) is 6. The third-order valence-corrected chi connectivity index (χ3v) is 8.30. The first-order valence-corrected chi connectivity index (χ1v) is 12.3. The fraction of sp³-hybridized carbons (Fsp3) is 0.478. The summed E-state index contributed by atoms with van der Waals surface area (Å²) in [6.07, 6.45) is 4.45. The topological polar surface area (TPSA) is 96.6 Å². The highest BCUT2D eigenvalue weighted by Crippen LogP contribution is 2.42. The molecule has 168 valence electrons. The zero-order chi connectivity index (χ0) is 22.6. The molecule has 1 aromatic heterocycles. The lowest BCUT2D eigenvalue weighted by Gasteiger charge is -2.48. The maximum absolute atomic E-state index is 13.2. The zero-order valence-corrected chi connectivity index (χ0v) is 19.3. The van der Waals surface area contributed by atoms with Gasteiger partial charge >= 0.3 is 0 Å². The summed E-state index contributed by atoms with van der Waals surface area (Å²) in [6, 6.07) is 10.6. The lowest BCUT2D eigenvalue weighted by Crippen LogP contribution is -2.61. The Morgan fingerprint density at radius 3 is 2.23 bits per heavy atom. The van der Waals surface area contributed by atoms with E-state index < -0.39 is 14.8 Å². The first-order valence-electron chi connectivity index (χ1n) is 10.8. The van der Waals surface area contributed by atoms with Crippen LogP contribution in [-0.4, -0.2) is 56.3 Å². The van der Waals surface area contributed by atoms with E-state index in [4.69, 9.17) is 5.14 Å². The predicted molar refractivity (Wildman–Crippen MR) is 124 cm³/mol. The van der Waals surface area contributed by atoms with E-state index in [-0.39, 0.29) is 11.8 Å². The molecule has 2 aromatic rings. The SMILES string of the molecule is CCC(N1CCN(c2ccncc2)CC1)C(CC)(c1ccccc1C(C)=O)S(N)(=O)=O. The Morgan fingerprint density at radius 2 is 1.71 bits per heavy atom. The number of pyridine rings is 1. The number of carbonyl (C=O) groups is 1. The number of rotatable bonds is 8. The minimum Gasteiger partial charge on any atom is -0.369 e. The summed E-state index contributed by atoms with van der Waals surface area (Å²) < 4.78 is 25.1. The van der Waals surface area contributed by atoms with Crippen molar-refractivity contribution in [3.63, 3.8) is 0 Å². The number of sulfonamides is 1. The third-order valence-electron chi connectivity index (χ3n) is 6.50. The molecule has 1 fully saturated rings. The number of piperazine rings is 1. The highest BCUT2D eigenvalue weighted by atomic mass is 32.2. The molecule has 1 aromatic carbocycles. The van der Waals surface area contributed by atoms with Crippen LogP contribution in [0.1, 0.15) is 49.5 Å². The van der Waals surface area contributed by atoms with Crippen molar-refractivity contribution in [3.05, 3.63) is 59.9 Å². The Labute approximate surface area is 185 Å². The first kappa shape index (κ1) is 23.4. The Morgan fingerprint density at radius 1 is 1.10 bits per heavy atom. The molecule has 1 saturated heterocycles.